The molecule has 0 saturated carbocycles. The largest absolute Gasteiger partial charge is 0.373 e. The predicted molar refractivity (Wildman–Crippen MR) is 56.7 cm³/mol. The van der Waals surface area contributed by atoms with Crippen LogP contribution in [-0.2, 0) is 4.74 Å². The Morgan fingerprint density at radius 2 is 2.31 bits per heavy atom. The molecule has 1 rings (SSSR count). The van der Waals surface area contributed by atoms with E-state index < -0.39 is 0 Å². The van der Waals surface area contributed by atoms with Crippen LogP contribution in [0.15, 0.2) is 24.8 Å². The highest BCUT2D eigenvalue weighted by molar-refractivity contribution is 5.16. The summed E-state index contributed by atoms with van der Waals surface area (Å²) in [5, 5.41) is 0. The van der Waals surface area contributed by atoms with E-state index >= 15 is 0 Å². The lowest BCUT2D eigenvalue weighted by molar-refractivity contribution is 0.111. The summed E-state index contributed by atoms with van der Waals surface area (Å²) in [6.45, 7) is 10.9. The molecule has 0 aromatic heterocycles. The van der Waals surface area contributed by atoms with Crippen LogP contribution in [0.3, 0.4) is 0 Å². The zero-order valence-corrected chi connectivity index (χ0v) is 8.59. The van der Waals surface area contributed by atoms with Gasteiger partial charge in [0.1, 0.15) is 0 Å². The second-order valence-corrected chi connectivity index (χ2v) is 3.73. The lowest BCUT2D eigenvalue weighted by Crippen LogP contribution is -2.07. The topological polar surface area (TPSA) is 9.23 Å². The van der Waals surface area contributed by atoms with Gasteiger partial charge in [-0.25, -0.2) is 0 Å². The van der Waals surface area contributed by atoms with E-state index in [9.17, 15) is 0 Å². The maximum Gasteiger partial charge on any atom is 0.0789 e. The van der Waals surface area contributed by atoms with E-state index in [1.807, 2.05) is 6.08 Å². The Bertz CT molecular complexity index is 184. The van der Waals surface area contributed by atoms with Gasteiger partial charge < -0.3 is 4.74 Å². The van der Waals surface area contributed by atoms with Crippen molar-refractivity contribution in [2.24, 2.45) is 5.92 Å². The van der Waals surface area contributed by atoms with Gasteiger partial charge in [-0.05, 0) is 12.0 Å². The van der Waals surface area contributed by atoms with E-state index in [2.05, 4.69) is 20.1 Å². The SMILES string of the molecule is C=C[C@@H]1CO[C@H](CCCCC)C1=C. The van der Waals surface area contributed by atoms with Gasteiger partial charge in [-0.1, -0.05) is 38.8 Å². The first-order valence-electron chi connectivity index (χ1n) is 5.22. The van der Waals surface area contributed by atoms with Crippen LogP contribution in [0.2, 0.25) is 0 Å². The van der Waals surface area contributed by atoms with Crippen LogP contribution in [0.1, 0.15) is 32.6 Å². The predicted octanol–water partition coefficient (Wildman–Crippen LogP) is 3.32. The molecule has 1 heteroatoms. The quantitative estimate of drug-likeness (QED) is 0.466. The first-order valence-corrected chi connectivity index (χ1v) is 5.22. The molecule has 0 amide bonds. The lowest BCUT2D eigenvalue weighted by Gasteiger charge is -2.10. The summed E-state index contributed by atoms with van der Waals surface area (Å²) in [5.41, 5.74) is 1.23. The fourth-order valence-electron chi connectivity index (χ4n) is 1.74. The fraction of sp³-hybridized carbons (Fsp3) is 0.667. The molecule has 1 aliphatic rings. The molecule has 74 valence electrons. The van der Waals surface area contributed by atoms with E-state index in [1.54, 1.807) is 0 Å². The molecular formula is C12H20O. The van der Waals surface area contributed by atoms with Crippen LogP contribution in [0.25, 0.3) is 0 Å². The third-order valence-electron chi connectivity index (χ3n) is 2.72. The molecule has 2 atom stereocenters. The minimum Gasteiger partial charge on any atom is -0.373 e. The number of unbranched alkanes of at least 4 members (excludes halogenated alkanes) is 2. The average molecular weight is 180 g/mol. The summed E-state index contributed by atoms with van der Waals surface area (Å²) >= 11 is 0. The Balaban J connectivity index is 2.28. The summed E-state index contributed by atoms with van der Waals surface area (Å²) in [7, 11) is 0. The highest BCUT2D eigenvalue weighted by atomic mass is 16.5. The van der Waals surface area contributed by atoms with Crippen molar-refractivity contribution in [2.45, 2.75) is 38.7 Å². The molecule has 0 aliphatic carbocycles. The smallest absolute Gasteiger partial charge is 0.0789 e. The molecular weight excluding hydrogens is 160 g/mol. The number of hydrogen-bond donors (Lipinski definition) is 0. The first-order chi connectivity index (χ1) is 6.29. The van der Waals surface area contributed by atoms with E-state index in [0.717, 1.165) is 13.0 Å². The van der Waals surface area contributed by atoms with Crippen LogP contribution < -0.4 is 0 Å². The van der Waals surface area contributed by atoms with Gasteiger partial charge in [0.25, 0.3) is 0 Å². The zero-order valence-electron chi connectivity index (χ0n) is 8.59. The molecule has 0 spiro atoms. The van der Waals surface area contributed by atoms with Crippen LogP contribution in [0.4, 0.5) is 0 Å². The first kappa shape index (κ1) is 10.5. The third kappa shape index (κ3) is 2.70. The van der Waals surface area contributed by atoms with E-state index in [1.165, 1.54) is 24.8 Å². The standard InChI is InChI=1S/C12H20O/c1-4-6-7-8-12-10(3)11(5-2)9-13-12/h5,11-12H,2-4,6-9H2,1H3/t11-,12-/m1/s1. The molecule has 1 nitrogen and oxygen atoms in total. The van der Waals surface area contributed by atoms with Gasteiger partial charge in [-0.2, -0.15) is 0 Å². The van der Waals surface area contributed by atoms with Gasteiger partial charge in [0, 0.05) is 5.92 Å². The second-order valence-electron chi connectivity index (χ2n) is 3.73. The Morgan fingerprint density at radius 1 is 1.54 bits per heavy atom. The van der Waals surface area contributed by atoms with Crippen LogP contribution in [-0.4, -0.2) is 12.7 Å². The number of rotatable bonds is 5. The van der Waals surface area contributed by atoms with Crippen molar-refractivity contribution < 1.29 is 4.74 Å². The molecule has 0 aromatic carbocycles. The van der Waals surface area contributed by atoms with Crippen molar-refractivity contribution in [3.63, 3.8) is 0 Å². The molecule has 1 aliphatic heterocycles. The van der Waals surface area contributed by atoms with Crippen molar-refractivity contribution in [1.82, 2.24) is 0 Å². The Labute approximate surface area is 81.5 Å². The molecule has 0 bridgehead atoms. The molecule has 1 saturated heterocycles. The summed E-state index contributed by atoms with van der Waals surface area (Å²) in [6.07, 6.45) is 7.20. The van der Waals surface area contributed by atoms with Crippen molar-refractivity contribution in [2.75, 3.05) is 6.61 Å². The van der Waals surface area contributed by atoms with Crippen molar-refractivity contribution in [1.29, 1.82) is 0 Å². The summed E-state index contributed by atoms with van der Waals surface area (Å²) < 4.78 is 5.64. The van der Waals surface area contributed by atoms with Crippen LogP contribution in [0, 0.1) is 5.92 Å². The van der Waals surface area contributed by atoms with Crippen molar-refractivity contribution in [3.8, 4) is 0 Å². The maximum absolute atomic E-state index is 5.64. The van der Waals surface area contributed by atoms with Crippen molar-refractivity contribution in [3.05, 3.63) is 24.8 Å². The fourth-order valence-corrected chi connectivity index (χ4v) is 1.74. The van der Waals surface area contributed by atoms with Gasteiger partial charge in [0.05, 0.1) is 12.7 Å². The maximum atomic E-state index is 5.64. The monoisotopic (exact) mass is 180 g/mol. The van der Waals surface area contributed by atoms with Gasteiger partial charge in [0.15, 0.2) is 0 Å². The summed E-state index contributed by atoms with van der Waals surface area (Å²) in [6, 6.07) is 0. The molecule has 0 N–H and O–H groups in total. The number of ether oxygens (including phenoxy) is 1. The summed E-state index contributed by atoms with van der Waals surface area (Å²) in [5.74, 6) is 0.395. The Hall–Kier alpha value is -0.560. The van der Waals surface area contributed by atoms with Crippen molar-refractivity contribution >= 4 is 0 Å². The Morgan fingerprint density at radius 3 is 2.85 bits per heavy atom. The minimum atomic E-state index is 0.301. The van der Waals surface area contributed by atoms with E-state index in [0.29, 0.717) is 12.0 Å². The Kier molecular flexibility index (Phi) is 4.23. The minimum absolute atomic E-state index is 0.301. The molecule has 1 heterocycles. The van der Waals surface area contributed by atoms with Crippen LogP contribution >= 0.6 is 0 Å². The van der Waals surface area contributed by atoms with Gasteiger partial charge in [-0.3, -0.25) is 0 Å². The van der Waals surface area contributed by atoms with E-state index in [4.69, 9.17) is 4.74 Å². The second kappa shape index (κ2) is 5.23. The molecule has 13 heavy (non-hydrogen) atoms. The van der Waals surface area contributed by atoms with Gasteiger partial charge >= 0.3 is 0 Å². The van der Waals surface area contributed by atoms with Crippen LogP contribution in [0.5, 0.6) is 0 Å². The lowest BCUT2D eigenvalue weighted by atomic mass is 9.97. The average Bonchev–Trinajstić information content (AvgIpc) is 2.48. The molecule has 0 aromatic rings. The zero-order chi connectivity index (χ0) is 9.68. The number of hydrogen-bond acceptors (Lipinski definition) is 1. The van der Waals surface area contributed by atoms with Gasteiger partial charge in [0.2, 0.25) is 0 Å². The highest BCUT2D eigenvalue weighted by Gasteiger charge is 2.26. The highest BCUT2D eigenvalue weighted by Crippen LogP contribution is 2.28. The third-order valence-corrected chi connectivity index (χ3v) is 2.72. The van der Waals surface area contributed by atoms with Gasteiger partial charge in [-0.15, -0.1) is 6.58 Å². The molecule has 0 radical (unpaired) electrons. The molecule has 0 unspecified atom stereocenters. The molecule has 1 fully saturated rings. The normalized spacial score (nSPS) is 27.9. The van der Waals surface area contributed by atoms with E-state index in [-0.39, 0.29) is 0 Å². The summed E-state index contributed by atoms with van der Waals surface area (Å²) in [4.78, 5) is 0.